The second kappa shape index (κ2) is 6.70. The van der Waals surface area contributed by atoms with Gasteiger partial charge in [0, 0.05) is 5.56 Å². The van der Waals surface area contributed by atoms with Crippen LogP contribution < -0.4 is 10.9 Å². The van der Waals surface area contributed by atoms with Gasteiger partial charge in [-0.2, -0.15) is 0 Å². The second-order valence-electron chi connectivity index (χ2n) is 5.04. The summed E-state index contributed by atoms with van der Waals surface area (Å²) in [5.41, 5.74) is 8.32. The molecule has 4 nitrogen and oxygen atoms in total. The van der Waals surface area contributed by atoms with E-state index in [1.165, 1.54) is 0 Å². The smallest absolute Gasteiger partial charge is 0.269 e. The highest BCUT2D eigenvalue weighted by molar-refractivity contribution is 5.95. The maximum absolute atomic E-state index is 12.0. The fourth-order valence-corrected chi connectivity index (χ4v) is 2.13. The Hall–Kier alpha value is -2.62. The Kier molecular flexibility index (Phi) is 4.72. The van der Waals surface area contributed by atoms with Gasteiger partial charge >= 0.3 is 0 Å². The Morgan fingerprint density at radius 1 is 0.905 bits per heavy atom. The summed E-state index contributed by atoms with van der Waals surface area (Å²) >= 11 is 0. The van der Waals surface area contributed by atoms with Crippen LogP contribution in [-0.2, 0) is 11.2 Å². The van der Waals surface area contributed by atoms with Crippen LogP contribution in [-0.4, -0.2) is 11.8 Å². The molecule has 0 heterocycles. The molecule has 0 aliphatic rings. The normalized spacial score (nSPS) is 10.0. The SMILES string of the molecule is Cc1cc(C)cc(C(=O)NNC(=O)Cc2ccccc2)c1. The minimum absolute atomic E-state index is 0.230. The van der Waals surface area contributed by atoms with E-state index < -0.39 is 0 Å². The van der Waals surface area contributed by atoms with Crippen LogP contribution in [0.5, 0.6) is 0 Å². The lowest BCUT2D eigenvalue weighted by Gasteiger charge is -2.08. The van der Waals surface area contributed by atoms with Crippen LogP contribution in [0.1, 0.15) is 27.0 Å². The van der Waals surface area contributed by atoms with Gasteiger partial charge in [0.15, 0.2) is 0 Å². The highest BCUT2D eigenvalue weighted by Gasteiger charge is 2.08. The first kappa shape index (κ1) is 14.8. The van der Waals surface area contributed by atoms with Gasteiger partial charge in [0.05, 0.1) is 6.42 Å². The van der Waals surface area contributed by atoms with E-state index in [0.717, 1.165) is 16.7 Å². The van der Waals surface area contributed by atoms with Gasteiger partial charge < -0.3 is 0 Å². The van der Waals surface area contributed by atoms with Crippen LogP contribution in [0.25, 0.3) is 0 Å². The van der Waals surface area contributed by atoms with Crippen LogP contribution >= 0.6 is 0 Å². The fourth-order valence-electron chi connectivity index (χ4n) is 2.13. The van der Waals surface area contributed by atoms with Crippen LogP contribution in [0.2, 0.25) is 0 Å². The molecule has 0 aliphatic heterocycles. The second-order valence-corrected chi connectivity index (χ2v) is 5.04. The van der Waals surface area contributed by atoms with E-state index in [9.17, 15) is 9.59 Å². The number of carbonyl (C=O) groups excluding carboxylic acids is 2. The van der Waals surface area contributed by atoms with Crippen LogP contribution in [0.15, 0.2) is 48.5 Å². The van der Waals surface area contributed by atoms with E-state index >= 15 is 0 Å². The average Bonchev–Trinajstić information content (AvgIpc) is 2.45. The first-order chi connectivity index (χ1) is 10.0. The van der Waals surface area contributed by atoms with E-state index in [4.69, 9.17) is 0 Å². The molecule has 0 unspecified atom stereocenters. The number of hydrogen-bond acceptors (Lipinski definition) is 2. The van der Waals surface area contributed by atoms with Gasteiger partial charge in [0.25, 0.3) is 5.91 Å². The summed E-state index contributed by atoms with van der Waals surface area (Å²) in [5.74, 6) is -0.567. The van der Waals surface area contributed by atoms with Gasteiger partial charge in [0.1, 0.15) is 0 Å². The van der Waals surface area contributed by atoms with E-state index in [2.05, 4.69) is 10.9 Å². The van der Waals surface area contributed by atoms with Crippen molar-refractivity contribution >= 4 is 11.8 Å². The van der Waals surface area contributed by atoms with Crippen LogP contribution in [0, 0.1) is 13.8 Å². The summed E-state index contributed by atoms with van der Waals surface area (Å²) in [6, 6.07) is 14.9. The Labute approximate surface area is 124 Å². The highest BCUT2D eigenvalue weighted by Crippen LogP contribution is 2.08. The number of hydrazine groups is 1. The molecule has 0 spiro atoms. The number of aryl methyl sites for hydroxylation is 2. The molecule has 0 radical (unpaired) electrons. The van der Waals surface area contributed by atoms with Crippen molar-refractivity contribution in [3.63, 3.8) is 0 Å². The fraction of sp³-hybridized carbons (Fsp3) is 0.176. The Morgan fingerprint density at radius 2 is 1.52 bits per heavy atom. The molecular weight excluding hydrogens is 264 g/mol. The summed E-state index contributed by atoms with van der Waals surface area (Å²) in [4.78, 5) is 23.7. The van der Waals surface area contributed by atoms with Crippen molar-refractivity contribution in [1.82, 2.24) is 10.9 Å². The first-order valence-electron chi connectivity index (χ1n) is 6.76. The van der Waals surface area contributed by atoms with Crippen LogP contribution in [0.4, 0.5) is 0 Å². The van der Waals surface area contributed by atoms with Crippen molar-refractivity contribution in [3.8, 4) is 0 Å². The minimum Gasteiger partial charge on any atom is -0.273 e. The van der Waals surface area contributed by atoms with Crippen molar-refractivity contribution in [1.29, 1.82) is 0 Å². The molecule has 2 N–H and O–H groups in total. The van der Waals surface area contributed by atoms with Crippen molar-refractivity contribution in [3.05, 3.63) is 70.8 Å². The first-order valence-corrected chi connectivity index (χ1v) is 6.76. The number of nitrogens with one attached hydrogen (secondary N) is 2. The molecule has 108 valence electrons. The van der Waals surface area contributed by atoms with Crippen molar-refractivity contribution in [2.45, 2.75) is 20.3 Å². The molecule has 21 heavy (non-hydrogen) atoms. The molecule has 2 aromatic carbocycles. The van der Waals surface area contributed by atoms with Gasteiger partial charge in [-0.25, -0.2) is 0 Å². The van der Waals surface area contributed by atoms with Crippen molar-refractivity contribution in [2.24, 2.45) is 0 Å². The monoisotopic (exact) mass is 282 g/mol. The maximum Gasteiger partial charge on any atom is 0.269 e. The van der Waals surface area contributed by atoms with E-state index in [1.807, 2.05) is 50.2 Å². The molecule has 4 heteroatoms. The Bertz CT molecular complexity index is 631. The molecule has 0 aliphatic carbocycles. The summed E-state index contributed by atoms with van der Waals surface area (Å²) in [5, 5.41) is 0. The average molecular weight is 282 g/mol. The summed E-state index contributed by atoms with van der Waals surface area (Å²) < 4.78 is 0. The zero-order valence-electron chi connectivity index (χ0n) is 12.1. The largest absolute Gasteiger partial charge is 0.273 e. The zero-order chi connectivity index (χ0) is 15.2. The lowest BCUT2D eigenvalue weighted by atomic mass is 10.1. The quantitative estimate of drug-likeness (QED) is 0.849. The van der Waals surface area contributed by atoms with Crippen molar-refractivity contribution < 1.29 is 9.59 Å². The number of hydrogen-bond donors (Lipinski definition) is 2. The molecule has 0 aromatic heterocycles. The third-order valence-electron chi connectivity index (χ3n) is 3.01. The molecule has 0 saturated carbocycles. The molecule has 0 fully saturated rings. The predicted octanol–water partition coefficient (Wildman–Crippen LogP) is 2.31. The molecule has 2 aromatic rings. The standard InChI is InChI=1S/C17H18N2O2/c1-12-8-13(2)10-15(9-12)17(21)19-18-16(20)11-14-6-4-3-5-7-14/h3-10H,11H2,1-2H3,(H,18,20)(H,19,21). The van der Waals surface area contributed by atoms with Gasteiger partial charge in [-0.15, -0.1) is 0 Å². The summed E-state index contributed by atoms with van der Waals surface area (Å²) in [6.45, 7) is 3.86. The molecule has 0 saturated heterocycles. The molecule has 0 bridgehead atoms. The van der Waals surface area contributed by atoms with Gasteiger partial charge in [-0.05, 0) is 31.5 Å². The van der Waals surface area contributed by atoms with Gasteiger partial charge in [-0.3, -0.25) is 20.4 Å². The summed E-state index contributed by atoms with van der Waals surface area (Å²) in [6.07, 6.45) is 0.230. The molecular formula is C17H18N2O2. The number of benzene rings is 2. The van der Waals surface area contributed by atoms with E-state index in [1.54, 1.807) is 12.1 Å². The highest BCUT2D eigenvalue weighted by atomic mass is 16.2. The lowest BCUT2D eigenvalue weighted by molar-refractivity contribution is -0.121. The third kappa shape index (κ3) is 4.45. The lowest BCUT2D eigenvalue weighted by Crippen LogP contribution is -2.42. The van der Waals surface area contributed by atoms with E-state index in [0.29, 0.717) is 5.56 Å². The van der Waals surface area contributed by atoms with Gasteiger partial charge in [0.2, 0.25) is 5.91 Å². The maximum atomic E-state index is 12.0. The molecule has 2 amide bonds. The molecule has 0 atom stereocenters. The Balaban J connectivity index is 1.90. The topological polar surface area (TPSA) is 58.2 Å². The van der Waals surface area contributed by atoms with Gasteiger partial charge in [-0.1, -0.05) is 47.5 Å². The third-order valence-corrected chi connectivity index (χ3v) is 3.01. The number of rotatable bonds is 3. The molecule has 2 rings (SSSR count). The number of carbonyl (C=O) groups is 2. The Morgan fingerprint density at radius 3 is 2.14 bits per heavy atom. The minimum atomic E-state index is -0.316. The predicted molar refractivity (Wildman–Crippen MR) is 81.7 cm³/mol. The zero-order valence-corrected chi connectivity index (χ0v) is 12.1. The van der Waals surface area contributed by atoms with Crippen molar-refractivity contribution in [2.75, 3.05) is 0 Å². The van der Waals surface area contributed by atoms with E-state index in [-0.39, 0.29) is 18.2 Å². The summed E-state index contributed by atoms with van der Waals surface area (Å²) in [7, 11) is 0. The van der Waals surface area contributed by atoms with Crippen LogP contribution in [0.3, 0.4) is 0 Å². The number of amides is 2.